The van der Waals surface area contributed by atoms with Crippen LogP contribution in [0.1, 0.15) is 13.8 Å². The van der Waals surface area contributed by atoms with Crippen LogP contribution in [0.25, 0.3) is 0 Å². The average Bonchev–Trinajstić information content (AvgIpc) is 2.38. The molecule has 0 spiro atoms. The zero-order chi connectivity index (χ0) is 13.8. The lowest BCUT2D eigenvalue weighted by molar-refractivity contribution is -0.125. The molecule has 3 N–H and O–H groups in total. The van der Waals surface area contributed by atoms with Gasteiger partial charge in [-0.3, -0.25) is 4.79 Å². The lowest BCUT2D eigenvalue weighted by Crippen LogP contribution is -2.55. The van der Waals surface area contributed by atoms with Crippen molar-refractivity contribution in [2.24, 2.45) is 0 Å². The zero-order valence-corrected chi connectivity index (χ0v) is 11.3. The third-order valence-electron chi connectivity index (χ3n) is 2.91. The van der Waals surface area contributed by atoms with Crippen LogP contribution in [0.5, 0.6) is 0 Å². The molecule has 0 aromatic carbocycles. The normalized spacial score (nSPS) is 19.5. The summed E-state index contributed by atoms with van der Waals surface area (Å²) in [5.41, 5.74) is 5.70. The van der Waals surface area contributed by atoms with Gasteiger partial charge in [0.15, 0.2) is 0 Å². The van der Waals surface area contributed by atoms with Crippen molar-refractivity contribution >= 4 is 17.5 Å². The minimum Gasteiger partial charge on any atom is -0.384 e. The summed E-state index contributed by atoms with van der Waals surface area (Å²) >= 11 is 0. The van der Waals surface area contributed by atoms with E-state index in [0.717, 1.165) is 0 Å². The van der Waals surface area contributed by atoms with Gasteiger partial charge in [-0.25, -0.2) is 4.98 Å². The number of hydrogen-bond acceptors (Lipinski definition) is 5. The van der Waals surface area contributed by atoms with Gasteiger partial charge < -0.3 is 20.7 Å². The van der Waals surface area contributed by atoms with Crippen LogP contribution in [0.4, 0.5) is 11.6 Å². The van der Waals surface area contributed by atoms with E-state index in [9.17, 15) is 4.79 Å². The Morgan fingerprint density at radius 2 is 2.37 bits per heavy atom. The highest BCUT2D eigenvalue weighted by Gasteiger charge is 2.30. The first kappa shape index (κ1) is 13.6. The summed E-state index contributed by atoms with van der Waals surface area (Å²) in [6.45, 7) is 5.46. The van der Waals surface area contributed by atoms with Gasteiger partial charge in [0.25, 0.3) is 0 Å². The predicted molar refractivity (Wildman–Crippen MR) is 73.9 cm³/mol. The van der Waals surface area contributed by atoms with Crippen LogP contribution in [0.15, 0.2) is 18.2 Å². The Bertz CT molecular complexity index is 450. The highest BCUT2D eigenvalue weighted by molar-refractivity contribution is 5.85. The van der Waals surface area contributed by atoms with E-state index in [0.29, 0.717) is 31.4 Å². The number of amides is 1. The molecule has 0 radical (unpaired) electrons. The average molecular weight is 264 g/mol. The Kier molecular flexibility index (Phi) is 4.21. The number of nitrogens with two attached hydrogens (primary N) is 1. The number of nitrogens with zero attached hydrogens (tertiary/aromatic N) is 2. The van der Waals surface area contributed by atoms with Crippen molar-refractivity contribution in [3.63, 3.8) is 0 Å². The monoisotopic (exact) mass is 264 g/mol. The number of ether oxygens (including phenoxy) is 1. The summed E-state index contributed by atoms with van der Waals surface area (Å²) < 4.78 is 5.41. The second kappa shape index (κ2) is 5.88. The number of nitrogen functional groups attached to an aromatic ring is 1. The van der Waals surface area contributed by atoms with Crippen molar-refractivity contribution in [2.75, 3.05) is 30.4 Å². The van der Waals surface area contributed by atoms with Gasteiger partial charge >= 0.3 is 0 Å². The molecule has 1 unspecified atom stereocenters. The minimum absolute atomic E-state index is 0.0427. The van der Waals surface area contributed by atoms with Gasteiger partial charge in [-0.05, 0) is 26.0 Å². The van der Waals surface area contributed by atoms with E-state index in [1.165, 1.54) is 0 Å². The third-order valence-corrected chi connectivity index (χ3v) is 2.91. The second-order valence-electron chi connectivity index (χ2n) is 4.87. The Labute approximate surface area is 112 Å². The molecule has 2 rings (SSSR count). The molecule has 0 aliphatic carbocycles. The lowest BCUT2D eigenvalue weighted by Gasteiger charge is -2.35. The van der Waals surface area contributed by atoms with Crippen molar-refractivity contribution in [1.29, 1.82) is 0 Å². The molecule has 6 heteroatoms. The number of morpholine rings is 1. The van der Waals surface area contributed by atoms with Gasteiger partial charge in [0.05, 0.1) is 13.2 Å². The van der Waals surface area contributed by atoms with Crippen LogP contribution in [0.3, 0.4) is 0 Å². The summed E-state index contributed by atoms with van der Waals surface area (Å²) in [5.74, 6) is 1.12. The molecule has 1 aromatic heterocycles. The van der Waals surface area contributed by atoms with E-state index in [1.807, 2.05) is 30.9 Å². The summed E-state index contributed by atoms with van der Waals surface area (Å²) in [5, 5.41) is 2.91. The van der Waals surface area contributed by atoms with E-state index in [2.05, 4.69) is 10.3 Å². The Balaban J connectivity index is 2.18. The van der Waals surface area contributed by atoms with E-state index in [1.54, 1.807) is 6.07 Å². The molecule has 1 aromatic rings. The molecule has 0 bridgehead atoms. The first-order valence-electron chi connectivity index (χ1n) is 6.45. The van der Waals surface area contributed by atoms with Crippen LogP contribution >= 0.6 is 0 Å². The number of nitrogens with one attached hydrogen (secondary N) is 1. The number of aromatic nitrogens is 1. The summed E-state index contributed by atoms with van der Waals surface area (Å²) in [6, 6.07) is 5.17. The van der Waals surface area contributed by atoms with E-state index >= 15 is 0 Å². The quantitative estimate of drug-likeness (QED) is 0.825. The maximum Gasteiger partial charge on any atom is 0.245 e. The fraction of sp³-hybridized carbons (Fsp3) is 0.538. The molecule has 1 aliphatic heterocycles. The first-order valence-corrected chi connectivity index (χ1v) is 6.45. The van der Waals surface area contributed by atoms with Crippen molar-refractivity contribution in [3.05, 3.63) is 18.2 Å². The number of rotatable bonds is 3. The molecule has 0 saturated carbocycles. The highest BCUT2D eigenvalue weighted by atomic mass is 16.5. The second-order valence-corrected chi connectivity index (χ2v) is 4.87. The summed E-state index contributed by atoms with van der Waals surface area (Å²) in [7, 11) is 0. The minimum atomic E-state index is -0.356. The standard InChI is InChI=1S/C13H20N4O2/c1-9(2)15-13(18)10-8-19-7-6-17(10)12-5-3-4-11(14)16-12/h3-5,9-10H,6-8H2,1-2H3,(H2,14,16)(H,15,18). The fourth-order valence-electron chi connectivity index (χ4n) is 2.08. The van der Waals surface area contributed by atoms with Gasteiger partial charge in [0.1, 0.15) is 17.7 Å². The largest absolute Gasteiger partial charge is 0.384 e. The number of carbonyl (C=O) groups is 1. The molecular weight excluding hydrogens is 244 g/mol. The number of hydrogen-bond donors (Lipinski definition) is 2. The predicted octanol–water partition coefficient (Wildman–Crippen LogP) is 0.394. The van der Waals surface area contributed by atoms with Gasteiger partial charge in [0, 0.05) is 12.6 Å². The Morgan fingerprint density at radius 3 is 3.05 bits per heavy atom. The van der Waals surface area contributed by atoms with Crippen LogP contribution in [0.2, 0.25) is 0 Å². The van der Waals surface area contributed by atoms with Gasteiger partial charge in [-0.1, -0.05) is 6.07 Å². The SMILES string of the molecule is CC(C)NC(=O)C1COCCN1c1cccc(N)n1. The van der Waals surface area contributed by atoms with E-state index in [-0.39, 0.29) is 18.0 Å². The topological polar surface area (TPSA) is 80.5 Å². The van der Waals surface area contributed by atoms with Crippen LogP contribution in [-0.4, -0.2) is 42.7 Å². The molecule has 1 atom stereocenters. The van der Waals surface area contributed by atoms with Gasteiger partial charge in [-0.15, -0.1) is 0 Å². The van der Waals surface area contributed by atoms with Crippen LogP contribution in [-0.2, 0) is 9.53 Å². The highest BCUT2D eigenvalue weighted by Crippen LogP contribution is 2.18. The zero-order valence-electron chi connectivity index (χ0n) is 11.3. The van der Waals surface area contributed by atoms with Gasteiger partial charge in [0.2, 0.25) is 5.91 Å². The first-order chi connectivity index (χ1) is 9.08. The maximum absolute atomic E-state index is 12.2. The maximum atomic E-state index is 12.2. The molecule has 104 valence electrons. The molecule has 2 heterocycles. The molecule has 1 fully saturated rings. The Hall–Kier alpha value is -1.82. The van der Waals surface area contributed by atoms with Gasteiger partial charge in [-0.2, -0.15) is 0 Å². The van der Waals surface area contributed by atoms with Crippen LogP contribution < -0.4 is 16.0 Å². The Morgan fingerprint density at radius 1 is 1.58 bits per heavy atom. The molecule has 1 aliphatic rings. The molecule has 1 saturated heterocycles. The van der Waals surface area contributed by atoms with Crippen molar-refractivity contribution < 1.29 is 9.53 Å². The number of pyridine rings is 1. The summed E-state index contributed by atoms with van der Waals surface area (Å²) in [4.78, 5) is 18.4. The number of anilines is 2. The smallest absolute Gasteiger partial charge is 0.245 e. The lowest BCUT2D eigenvalue weighted by atomic mass is 10.2. The number of carbonyl (C=O) groups excluding carboxylic acids is 1. The molecule has 19 heavy (non-hydrogen) atoms. The molecule has 1 amide bonds. The summed E-state index contributed by atoms with van der Waals surface area (Å²) in [6.07, 6.45) is 0. The van der Waals surface area contributed by atoms with E-state index < -0.39 is 0 Å². The van der Waals surface area contributed by atoms with Crippen molar-refractivity contribution in [3.8, 4) is 0 Å². The fourth-order valence-corrected chi connectivity index (χ4v) is 2.08. The van der Waals surface area contributed by atoms with Crippen molar-refractivity contribution in [1.82, 2.24) is 10.3 Å². The third kappa shape index (κ3) is 3.35. The molecular formula is C13H20N4O2. The van der Waals surface area contributed by atoms with Crippen molar-refractivity contribution in [2.45, 2.75) is 25.9 Å². The molecule has 6 nitrogen and oxygen atoms in total. The van der Waals surface area contributed by atoms with Crippen LogP contribution in [0, 0.1) is 0 Å². The van der Waals surface area contributed by atoms with E-state index in [4.69, 9.17) is 10.5 Å².